The van der Waals surface area contributed by atoms with E-state index >= 15 is 0 Å². The third kappa shape index (κ3) is 3.24. The van der Waals surface area contributed by atoms with E-state index in [9.17, 15) is 0 Å². The molecule has 2 nitrogen and oxygen atoms in total. The summed E-state index contributed by atoms with van der Waals surface area (Å²) in [5.41, 5.74) is 3.30. The molecule has 0 fully saturated rings. The molecule has 0 saturated heterocycles. The summed E-state index contributed by atoms with van der Waals surface area (Å²) in [5, 5.41) is 2.13. The number of fused-ring (bicyclic) bond motifs is 1. The van der Waals surface area contributed by atoms with Gasteiger partial charge >= 0.3 is 0 Å². The molecule has 0 aliphatic rings. The van der Waals surface area contributed by atoms with Gasteiger partial charge in [-0.15, -0.1) is 0 Å². The van der Waals surface area contributed by atoms with Crippen LogP contribution in [0.15, 0.2) is 94.9 Å². The zero-order chi connectivity index (χ0) is 17.1. The molecule has 1 heterocycles. The van der Waals surface area contributed by atoms with Crippen molar-refractivity contribution >= 4 is 22.7 Å². The Morgan fingerprint density at radius 1 is 0.800 bits per heavy atom. The molecule has 0 aliphatic carbocycles. The molecule has 0 spiro atoms. The van der Waals surface area contributed by atoms with Crippen molar-refractivity contribution in [1.82, 2.24) is 4.98 Å². The number of ether oxygens (including phenoxy) is 1. The number of pyridine rings is 1. The van der Waals surface area contributed by atoms with E-state index in [0.29, 0.717) is 0 Å². The van der Waals surface area contributed by atoms with Crippen molar-refractivity contribution in [3.05, 3.63) is 84.9 Å². The van der Waals surface area contributed by atoms with Gasteiger partial charge in [-0.1, -0.05) is 72.4 Å². The highest BCUT2D eigenvalue weighted by Crippen LogP contribution is 2.39. The van der Waals surface area contributed by atoms with Gasteiger partial charge < -0.3 is 4.74 Å². The zero-order valence-corrected chi connectivity index (χ0v) is 14.7. The van der Waals surface area contributed by atoms with Crippen LogP contribution in [0.5, 0.6) is 5.75 Å². The normalized spacial score (nSPS) is 10.8. The molecule has 0 atom stereocenters. The Balaban J connectivity index is 1.89. The van der Waals surface area contributed by atoms with Gasteiger partial charge in [0, 0.05) is 10.9 Å². The standard InChI is InChI=1S/C22H17NOS/c1-24-20-13-7-8-14-21(20)25-22-18(16-9-3-2-4-10-16)15-17-11-5-6-12-19(17)23-22/h2-15H,1H3. The number of rotatable bonds is 4. The molecule has 0 amide bonds. The molecule has 0 radical (unpaired) electrons. The SMILES string of the molecule is COc1ccccc1Sc1nc2ccccc2cc1-c1ccccc1. The van der Waals surface area contributed by atoms with E-state index in [-0.39, 0.29) is 0 Å². The smallest absolute Gasteiger partial charge is 0.132 e. The average molecular weight is 343 g/mol. The van der Waals surface area contributed by atoms with Crippen molar-refractivity contribution in [2.24, 2.45) is 0 Å². The van der Waals surface area contributed by atoms with Gasteiger partial charge in [0.2, 0.25) is 0 Å². The van der Waals surface area contributed by atoms with E-state index in [1.54, 1.807) is 18.9 Å². The number of hydrogen-bond acceptors (Lipinski definition) is 3. The fraction of sp³-hybridized carbons (Fsp3) is 0.0455. The molecule has 4 rings (SSSR count). The lowest BCUT2D eigenvalue weighted by atomic mass is 10.1. The second-order valence-corrected chi connectivity index (χ2v) is 6.68. The first-order valence-corrected chi connectivity index (χ1v) is 8.93. The average Bonchev–Trinajstić information content (AvgIpc) is 2.68. The first-order chi connectivity index (χ1) is 12.3. The predicted molar refractivity (Wildman–Crippen MR) is 104 cm³/mol. The van der Waals surface area contributed by atoms with Crippen molar-refractivity contribution in [2.75, 3.05) is 7.11 Å². The summed E-state index contributed by atoms with van der Waals surface area (Å²) in [6.07, 6.45) is 0. The maximum absolute atomic E-state index is 5.50. The summed E-state index contributed by atoms with van der Waals surface area (Å²) in [4.78, 5) is 5.99. The Labute approximate surface area is 151 Å². The van der Waals surface area contributed by atoms with Crippen LogP contribution in [0.25, 0.3) is 22.0 Å². The van der Waals surface area contributed by atoms with Crippen LogP contribution in [0, 0.1) is 0 Å². The molecule has 0 aliphatic heterocycles. The molecule has 0 N–H and O–H groups in total. The van der Waals surface area contributed by atoms with Crippen molar-refractivity contribution in [1.29, 1.82) is 0 Å². The molecule has 0 unspecified atom stereocenters. The predicted octanol–water partition coefficient (Wildman–Crippen LogP) is 6.06. The van der Waals surface area contributed by atoms with E-state index in [1.165, 1.54) is 0 Å². The zero-order valence-electron chi connectivity index (χ0n) is 13.8. The van der Waals surface area contributed by atoms with Gasteiger partial charge in [0.1, 0.15) is 10.8 Å². The third-order valence-corrected chi connectivity index (χ3v) is 5.11. The monoisotopic (exact) mass is 343 g/mol. The molecular weight excluding hydrogens is 326 g/mol. The second-order valence-electron chi connectivity index (χ2n) is 5.65. The van der Waals surface area contributed by atoms with E-state index in [2.05, 4.69) is 48.5 Å². The molecule has 0 bridgehead atoms. The molecule has 122 valence electrons. The lowest BCUT2D eigenvalue weighted by molar-refractivity contribution is 0.405. The summed E-state index contributed by atoms with van der Waals surface area (Å²) < 4.78 is 5.50. The Morgan fingerprint density at radius 2 is 1.52 bits per heavy atom. The lowest BCUT2D eigenvalue weighted by Crippen LogP contribution is -1.91. The van der Waals surface area contributed by atoms with E-state index in [1.807, 2.05) is 36.4 Å². The van der Waals surface area contributed by atoms with Gasteiger partial charge in [0.25, 0.3) is 0 Å². The highest BCUT2D eigenvalue weighted by molar-refractivity contribution is 7.99. The van der Waals surface area contributed by atoms with Crippen LogP contribution in [0.2, 0.25) is 0 Å². The topological polar surface area (TPSA) is 22.1 Å². The summed E-state index contributed by atoms with van der Waals surface area (Å²) in [6, 6.07) is 28.9. The van der Waals surface area contributed by atoms with Crippen LogP contribution < -0.4 is 4.74 Å². The first kappa shape index (κ1) is 15.7. The lowest BCUT2D eigenvalue weighted by Gasteiger charge is -2.12. The Hall–Kier alpha value is -2.78. The minimum atomic E-state index is 0.862. The molecule has 4 aromatic rings. The van der Waals surface area contributed by atoms with E-state index in [0.717, 1.165) is 37.7 Å². The minimum Gasteiger partial charge on any atom is -0.496 e. The maximum atomic E-state index is 5.50. The molecule has 3 aromatic carbocycles. The van der Waals surface area contributed by atoms with Crippen LogP contribution in [0.4, 0.5) is 0 Å². The second kappa shape index (κ2) is 6.99. The Morgan fingerprint density at radius 3 is 2.36 bits per heavy atom. The first-order valence-electron chi connectivity index (χ1n) is 8.11. The fourth-order valence-corrected chi connectivity index (χ4v) is 3.85. The summed E-state index contributed by atoms with van der Waals surface area (Å²) in [6.45, 7) is 0. The van der Waals surface area contributed by atoms with Crippen LogP contribution in [-0.2, 0) is 0 Å². The van der Waals surface area contributed by atoms with Crippen LogP contribution in [0.3, 0.4) is 0 Å². The Kier molecular flexibility index (Phi) is 4.40. The number of para-hydroxylation sites is 2. The summed E-state index contributed by atoms with van der Waals surface area (Å²) >= 11 is 1.64. The van der Waals surface area contributed by atoms with Gasteiger partial charge in [-0.05, 0) is 29.8 Å². The van der Waals surface area contributed by atoms with Crippen LogP contribution in [-0.4, -0.2) is 12.1 Å². The van der Waals surface area contributed by atoms with E-state index < -0.39 is 0 Å². The number of hydrogen-bond donors (Lipinski definition) is 0. The van der Waals surface area contributed by atoms with E-state index in [4.69, 9.17) is 9.72 Å². The molecule has 3 heteroatoms. The van der Waals surface area contributed by atoms with Crippen LogP contribution in [0.1, 0.15) is 0 Å². The molecule has 1 aromatic heterocycles. The fourth-order valence-electron chi connectivity index (χ4n) is 2.81. The highest BCUT2D eigenvalue weighted by Gasteiger charge is 2.13. The van der Waals surface area contributed by atoms with Gasteiger partial charge in [0.05, 0.1) is 17.5 Å². The van der Waals surface area contributed by atoms with Crippen molar-refractivity contribution in [2.45, 2.75) is 9.92 Å². The quantitative estimate of drug-likeness (QED) is 0.449. The van der Waals surface area contributed by atoms with Crippen LogP contribution >= 0.6 is 11.8 Å². The number of benzene rings is 3. The van der Waals surface area contributed by atoms with Crippen molar-refractivity contribution in [3.8, 4) is 16.9 Å². The number of nitrogens with zero attached hydrogens (tertiary/aromatic N) is 1. The minimum absolute atomic E-state index is 0.862. The van der Waals surface area contributed by atoms with Gasteiger partial charge in [0.15, 0.2) is 0 Å². The maximum Gasteiger partial charge on any atom is 0.132 e. The van der Waals surface area contributed by atoms with Gasteiger partial charge in [-0.25, -0.2) is 4.98 Å². The Bertz CT molecular complexity index is 1010. The van der Waals surface area contributed by atoms with Gasteiger partial charge in [-0.2, -0.15) is 0 Å². The third-order valence-electron chi connectivity index (χ3n) is 4.05. The molecule has 25 heavy (non-hydrogen) atoms. The number of aromatic nitrogens is 1. The largest absolute Gasteiger partial charge is 0.496 e. The van der Waals surface area contributed by atoms with Crippen molar-refractivity contribution in [3.63, 3.8) is 0 Å². The summed E-state index contributed by atoms with van der Waals surface area (Å²) in [7, 11) is 1.70. The summed E-state index contributed by atoms with van der Waals surface area (Å²) in [5.74, 6) is 0.862. The van der Waals surface area contributed by atoms with Crippen molar-refractivity contribution < 1.29 is 4.74 Å². The molecule has 0 saturated carbocycles. The highest BCUT2D eigenvalue weighted by atomic mass is 32.2. The van der Waals surface area contributed by atoms with Gasteiger partial charge in [-0.3, -0.25) is 0 Å². The molecular formula is C22H17NOS. The number of methoxy groups -OCH3 is 1.